The van der Waals surface area contributed by atoms with Gasteiger partial charge in [-0.15, -0.1) is 0 Å². The second-order valence-corrected chi connectivity index (χ2v) is 7.87. The molecule has 0 aliphatic heterocycles. The summed E-state index contributed by atoms with van der Waals surface area (Å²) >= 11 is 0. The summed E-state index contributed by atoms with van der Waals surface area (Å²) in [5, 5.41) is 3.01. The van der Waals surface area contributed by atoms with Gasteiger partial charge in [0.15, 0.2) is 17.6 Å². The van der Waals surface area contributed by atoms with Crippen LogP contribution < -0.4 is 14.8 Å². The summed E-state index contributed by atoms with van der Waals surface area (Å²) in [5.74, 6) is 0.870. The van der Waals surface area contributed by atoms with Crippen LogP contribution in [0.3, 0.4) is 0 Å². The maximum absolute atomic E-state index is 12.3. The highest BCUT2D eigenvalue weighted by Crippen LogP contribution is 2.29. The molecule has 1 amide bonds. The zero-order chi connectivity index (χ0) is 21.4. The lowest BCUT2D eigenvalue weighted by molar-refractivity contribution is -0.150. The molecule has 1 N–H and O–H groups in total. The smallest absolute Gasteiger partial charge is 0.331 e. The summed E-state index contributed by atoms with van der Waals surface area (Å²) in [6.45, 7) is 7.62. The van der Waals surface area contributed by atoms with Crippen LogP contribution in [-0.4, -0.2) is 37.2 Å². The predicted molar refractivity (Wildman–Crippen MR) is 113 cm³/mol. The molecular formula is C23H33NO5. The molecule has 3 atom stereocenters. The Bertz CT molecular complexity index is 728. The number of esters is 1. The average molecular weight is 404 g/mol. The lowest BCUT2D eigenvalue weighted by Gasteiger charge is -2.30. The van der Waals surface area contributed by atoms with E-state index >= 15 is 0 Å². The fourth-order valence-electron chi connectivity index (χ4n) is 3.40. The molecule has 0 unspecified atom stereocenters. The Balaban J connectivity index is 1.90. The number of hydrogen-bond donors (Lipinski definition) is 1. The Hall–Kier alpha value is -2.50. The van der Waals surface area contributed by atoms with E-state index < -0.39 is 12.1 Å². The zero-order valence-corrected chi connectivity index (χ0v) is 18.1. The number of benzene rings is 1. The molecular weight excluding hydrogens is 370 g/mol. The number of methoxy groups -OCH3 is 1. The van der Waals surface area contributed by atoms with E-state index in [0.29, 0.717) is 17.4 Å². The molecule has 1 aromatic rings. The van der Waals surface area contributed by atoms with E-state index in [4.69, 9.17) is 14.2 Å². The molecule has 1 fully saturated rings. The third-order valence-electron chi connectivity index (χ3n) is 5.06. The fourth-order valence-corrected chi connectivity index (χ4v) is 3.40. The van der Waals surface area contributed by atoms with Gasteiger partial charge in [-0.25, -0.2) is 4.79 Å². The van der Waals surface area contributed by atoms with E-state index in [2.05, 4.69) is 12.2 Å². The summed E-state index contributed by atoms with van der Waals surface area (Å²) in [6.07, 6.45) is 6.55. The molecule has 160 valence electrons. The second-order valence-electron chi connectivity index (χ2n) is 7.87. The van der Waals surface area contributed by atoms with Gasteiger partial charge in [0, 0.05) is 12.1 Å². The van der Waals surface area contributed by atoms with Crippen molar-refractivity contribution < 1.29 is 23.8 Å². The molecule has 29 heavy (non-hydrogen) atoms. The monoisotopic (exact) mass is 403 g/mol. The molecule has 0 heterocycles. The van der Waals surface area contributed by atoms with Crippen LogP contribution in [0.4, 0.5) is 0 Å². The quantitative estimate of drug-likeness (QED) is 0.522. The second kappa shape index (κ2) is 10.9. The van der Waals surface area contributed by atoms with Gasteiger partial charge in [-0.3, -0.25) is 4.79 Å². The lowest BCUT2D eigenvalue weighted by Crippen LogP contribution is -2.45. The van der Waals surface area contributed by atoms with Crippen LogP contribution in [0, 0.1) is 5.92 Å². The highest BCUT2D eigenvalue weighted by Gasteiger charge is 2.25. The van der Waals surface area contributed by atoms with Gasteiger partial charge in [-0.2, -0.15) is 0 Å². The van der Waals surface area contributed by atoms with E-state index in [0.717, 1.165) is 24.8 Å². The largest absolute Gasteiger partial charge is 0.493 e. The van der Waals surface area contributed by atoms with Gasteiger partial charge in [0.05, 0.1) is 13.2 Å². The van der Waals surface area contributed by atoms with Crippen molar-refractivity contribution in [1.29, 1.82) is 0 Å². The molecule has 0 saturated heterocycles. The summed E-state index contributed by atoms with van der Waals surface area (Å²) in [7, 11) is 1.57. The van der Waals surface area contributed by atoms with Gasteiger partial charge in [0.25, 0.3) is 5.91 Å². The number of nitrogens with one attached hydrogen (secondary N) is 1. The molecule has 1 aliphatic rings. The van der Waals surface area contributed by atoms with E-state index in [-0.39, 0.29) is 18.1 Å². The Morgan fingerprint density at radius 2 is 1.86 bits per heavy atom. The Morgan fingerprint density at radius 1 is 1.14 bits per heavy atom. The first-order chi connectivity index (χ1) is 13.8. The van der Waals surface area contributed by atoms with Crippen LogP contribution in [0.15, 0.2) is 24.3 Å². The standard InChI is InChI=1S/C23H33NO5/c1-15(2)28-20-12-10-18(14-21(20)27-5)11-13-22(25)29-17(4)23(26)24-19-9-7-6-8-16(19)3/h10-17,19H,6-9H2,1-5H3,(H,24,26)/b13-11+/t16-,17+,19+/m0/s1. The number of carbonyl (C=O) groups excluding carboxylic acids is 2. The fraction of sp³-hybridized carbons (Fsp3) is 0.565. The highest BCUT2D eigenvalue weighted by molar-refractivity contribution is 5.90. The van der Waals surface area contributed by atoms with Crippen LogP contribution in [0.1, 0.15) is 58.9 Å². The van der Waals surface area contributed by atoms with Gasteiger partial charge in [-0.05, 0) is 63.3 Å². The minimum absolute atomic E-state index is 0.0319. The van der Waals surface area contributed by atoms with Gasteiger partial charge >= 0.3 is 5.97 Å². The van der Waals surface area contributed by atoms with Gasteiger partial charge in [0.2, 0.25) is 0 Å². The number of ether oxygens (including phenoxy) is 3. The Kier molecular flexibility index (Phi) is 8.55. The molecule has 1 aromatic carbocycles. The minimum atomic E-state index is -0.836. The number of hydrogen-bond acceptors (Lipinski definition) is 5. The molecule has 0 bridgehead atoms. The topological polar surface area (TPSA) is 73.9 Å². The predicted octanol–water partition coefficient (Wildman–Crippen LogP) is 4.12. The van der Waals surface area contributed by atoms with Crippen molar-refractivity contribution in [2.24, 2.45) is 5.92 Å². The van der Waals surface area contributed by atoms with E-state index in [9.17, 15) is 9.59 Å². The summed E-state index contributed by atoms with van der Waals surface area (Å²) in [4.78, 5) is 24.4. The number of rotatable bonds is 8. The molecule has 1 saturated carbocycles. The van der Waals surface area contributed by atoms with Crippen molar-refractivity contribution in [3.05, 3.63) is 29.8 Å². The first-order valence-electron chi connectivity index (χ1n) is 10.3. The summed E-state index contributed by atoms with van der Waals surface area (Å²) in [6, 6.07) is 5.56. The van der Waals surface area contributed by atoms with Crippen LogP contribution in [0.25, 0.3) is 6.08 Å². The average Bonchev–Trinajstić information content (AvgIpc) is 2.68. The third-order valence-corrected chi connectivity index (χ3v) is 5.06. The minimum Gasteiger partial charge on any atom is -0.493 e. The van der Waals surface area contributed by atoms with Crippen LogP contribution in [0.2, 0.25) is 0 Å². The molecule has 2 rings (SSSR count). The molecule has 0 spiro atoms. The molecule has 6 nitrogen and oxygen atoms in total. The number of carbonyl (C=O) groups is 2. The van der Waals surface area contributed by atoms with Crippen molar-refractivity contribution in [1.82, 2.24) is 5.32 Å². The number of amides is 1. The van der Waals surface area contributed by atoms with Crippen molar-refractivity contribution in [2.45, 2.75) is 71.6 Å². The Morgan fingerprint density at radius 3 is 2.52 bits per heavy atom. The maximum Gasteiger partial charge on any atom is 0.331 e. The van der Waals surface area contributed by atoms with Crippen LogP contribution in [0.5, 0.6) is 11.5 Å². The third kappa shape index (κ3) is 7.11. The van der Waals surface area contributed by atoms with Crippen LogP contribution in [-0.2, 0) is 14.3 Å². The lowest BCUT2D eigenvalue weighted by atomic mass is 9.86. The van der Waals surface area contributed by atoms with Gasteiger partial charge in [-0.1, -0.05) is 25.8 Å². The molecule has 0 radical (unpaired) electrons. The van der Waals surface area contributed by atoms with Gasteiger partial charge < -0.3 is 19.5 Å². The first-order valence-corrected chi connectivity index (χ1v) is 10.3. The van der Waals surface area contributed by atoms with E-state index in [1.807, 2.05) is 19.9 Å². The molecule has 6 heteroatoms. The van der Waals surface area contributed by atoms with Crippen molar-refractivity contribution in [3.8, 4) is 11.5 Å². The van der Waals surface area contributed by atoms with Crippen LogP contribution >= 0.6 is 0 Å². The SMILES string of the molecule is COc1cc(/C=C/C(=O)O[C@H](C)C(=O)N[C@@H]2CCCC[C@@H]2C)ccc1OC(C)C. The maximum atomic E-state index is 12.3. The molecule has 1 aliphatic carbocycles. The van der Waals surface area contributed by atoms with Gasteiger partial charge in [0.1, 0.15) is 0 Å². The van der Waals surface area contributed by atoms with Crippen molar-refractivity contribution in [2.75, 3.05) is 7.11 Å². The Labute approximate surface area is 173 Å². The van der Waals surface area contributed by atoms with Crippen molar-refractivity contribution in [3.63, 3.8) is 0 Å². The summed E-state index contributed by atoms with van der Waals surface area (Å²) in [5.41, 5.74) is 0.767. The highest BCUT2D eigenvalue weighted by atomic mass is 16.5. The molecule has 0 aromatic heterocycles. The zero-order valence-electron chi connectivity index (χ0n) is 18.1. The van der Waals surface area contributed by atoms with E-state index in [1.165, 1.54) is 12.5 Å². The summed E-state index contributed by atoms with van der Waals surface area (Å²) < 4.78 is 16.3. The van der Waals surface area contributed by atoms with E-state index in [1.54, 1.807) is 32.2 Å². The first kappa shape index (κ1) is 22.8. The normalized spacial score (nSPS) is 20.3. The van der Waals surface area contributed by atoms with Crippen molar-refractivity contribution >= 4 is 18.0 Å².